The highest BCUT2D eigenvalue weighted by Gasteiger charge is 2.07. The molecule has 0 atom stereocenters. The molecule has 0 fully saturated rings. The van der Waals surface area contributed by atoms with Crippen molar-refractivity contribution in [2.75, 3.05) is 39.6 Å². The molecule has 2 aromatic rings. The van der Waals surface area contributed by atoms with Crippen LogP contribution < -0.4 is 15.4 Å². The normalized spacial score (nSPS) is 10.5. The van der Waals surface area contributed by atoms with E-state index in [1.807, 2.05) is 43.3 Å². The van der Waals surface area contributed by atoms with Crippen molar-refractivity contribution in [3.8, 4) is 5.75 Å². The first-order valence-electron chi connectivity index (χ1n) is 7.70. The van der Waals surface area contributed by atoms with Crippen molar-refractivity contribution in [3.63, 3.8) is 0 Å². The van der Waals surface area contributed by atoms with E-state index in [1.54, 1.807) is 13.3 Å². The van der Waals surface area contributed by atoms with Crippen LogP contribution in [0.25, 0.3) is 0 Å². The lowest BCUT2D eigenvalue weighted by Crippen LogP contribution is -2.31. The van der Waals surface area contributed by atoms with Crippen molar-refractivity contribution in [2.24, 2.45) is 0 Å². The van der Waals surface area contributed by atoms with E-state index in [2.05, 4.69) is 20.6 Å². The number of methoxy groups -OCH3 is 1. The predicted octanol–water partition coefficient (Wildman–Crippen LogP) is 1.39. The average molecular weight is 329 g/mol. The summed E-state index contributed by atoms with van der Waals surface area (Å²) in [5.41, 5.74) is 1.41. The summed E-state index contributed by atoms with van der Waals surface area (Å²) in [5.74, 6) is 1.23. The molecule has 0 unspecified atom stereocenters. The molecular formula is C17H23N5O2. The van der Waals surface area contributed by atoms with Gasteiger partial charge in [0.1, 0.15) is 17.3 Å². The van der Waals surface area contributed by atoms with Gasteiger partial charge in [-0.25, -0.2) is 9.97 Å². The molecule has 0 bridgehead atoms. The number of likely N-dealkylation sites (N-methyl/N-ethyl adjacent to an activating group) is 1. The summed E-state index contributed by atoms with van der Waals surface area (Å²) in [6.45, 7) is 1.97. The van der Waals surface area contributed by atoms with E-state index in [9.17, 15) is 4.79 Å². The van der Waals surface area contributed by atoms with Crippen molar-refractivity contribution in [2.45, 2.75) is 6.54 Å². The molecule has 0 radical (unpaired) electrons. The van der Waals surface area contributed by atoms with Gasteiger partial charge in [-0.15, -0.1) is 0 Å². The quantitative estimate of drug-likeness (QED) is 0.762. The lowest BCUT2D eigenvalue weighted by molar-refractivity contribution is 0.0945. The summed E-state index contributed by atoms with van der Waals surface area (Å²) in [6.07, 6.45) is 3.03. The van der Waals surface area contributed by atoms with Gasteiger partial charge in [-0.3, -0.25) is 4.79 Å². The number of ether oxygens (including phenoxy) is 1. The van der Waals surface area contributed by atoms with Crippen LogP contribution in [0.15, 0.2) is 36.7 Å². The van der Waals surface area contributed by atoms with Gasteiger partial charge in [0.2, 0.25) is 0 Å². The van der Waals surface area contributed by atoms with Crippen molar-refractivity contribution >= 4 is 11.7 Å². The number of anilines is 1. The standard InChI is InChI=1S/C17H23N5O2/c1-22(2)9-8-18-17(23)15-11-21-16(12-19-15)20-10-13-4-6-14(24-3)7-5-13/h4-7,11-12H,8-10H2,1-3H3,(H,18,23)(H,20,21). The van der Waals surface area contributed by atoms with E-state index in [0.29, 0.717) is 24.6 Å². The fraction of sp³-hybridized carbons (Fsp3) is 0.353. The second-order valence-corrected chi connectivity index (χ2v) is 5.55. The second kappa shape index (κ2) is 8.83. The van der Waals surface area contributed by atoms with Crippen molar-refractivity contribution < 1.29 is 9.53 Å². The molecule has 7 nitrogen and oxygen atoms in total. The molecule has 1 heterocycles. The number of hydrogen-bond acceptors (Lipinski definition) is 6. The molecule has 0 saturated carbocycles. The number of nitrogens with zero attached hydrogens (tertiary/aromatic N) is 3. The highest BCUT2D eigenvalue weighted by molar-refractivity contribution is 5.91. The first kappa shape index (κ1) is 17.7. The SMILES string of the molecule is COc1ccc(CNc2cnc(C(=O)NCCN(C)C)cn2)cc1. The van der Waals surface area contributed by atoms with Crippen LogP contribution in [0, 0.1) is 0 Å². The third kappa shape index (κ3) is 5.51. The zero-order valence-electron chi connectivity index (χ0n) is 14.2. The summed E-state index contributed by atoms with van der Waals surface area (Å²) in [6, 6.07) is 7.77. The predicted molar refractivity (Wildman–Crippen MR) is 93.2 cm³/mol. The fourth-order valence-corrected chi connectivity index (χ4v) is 1.96. The summed E-state index contributed by atoms with van der Waals surface area (Å²) in [4.78, 5) is 22.3. The Kier molecular flexibility index (Phi) is 6.51. The summed E-state index contributed by atoms with van der Waals surface area (Å²) in [5, 5.41) is 5.97. The molecule has 128 valence electrons. The van der Waals surface area contributed by atoms with Crippen LogP contribution in [0.3, 0.4) is 0 Å². The van der Waals surface area contributed by atoms with Crippen LogP contribution in [0.1, 0.15) is 16.1 Å². The number of carbonyl (C=O) groups excluding carboxylic acids is 1. The van der Waals surface area contributed by atoms with E-state index in [0.717, 1.165) is 17.9 Å². The van der Waals surface area contributed by atoms with Crippen LogP contribution in [-0.2, 0) is 6.54 Å². The third-order valence-electron chi connectivity index (χ3n) is 3.36. The van der Waals surface area contributed by atoms with Crippen LogP contribution in [0.5, 0.6) is 5.75 Å². The molecule has 0 saturated heterocycles. The van der Waals surface area contributed by atoms with Crippen LogP contribution in [-0.4, -0.2) is 55.1 Å². The topological polar surface area (TPSA) is 79.4 Å². The van der Waals surface area contributed by atoms with Crippen LogP contribution >= 0.6 is 0 Å². The van der Waals surface area contributed by atoms with E-state index in [1.165, 1.54) is 6.20 Å². The molecule has 7 heteroatoms. The molecule has 1 aromatic heterocycles. The minimum atomic E-state index is -0.217. The van der Waals surface area contributed by atoms with Gasteiger partial charge in [-0.2, -0.15) is 0 Å². The molecule has 0 aliphatic heterocycles. The number of hydrogen-bond donors (Lipinski definition) is 2. The maximum absolute atomic E-state index is 11.9. The van der Waals surface area contributed by atoms with Gasteiger partial charge >= 0.3 is 0 Å². The van der Waals surface area contributed by atoms with Gasteiger partial charge in [0.25, 0.3) is 5.91 Å². The Labute approximate surface area is 142 Å². The van der Waals surface area contributed by atoms with Gasteiger partial charge in [0.15, 0.2) is 0 Å². The second-order valence-electron chi connectivity index (χ2n) is 5.55. The maximum Gasteiger partial charge on any atom is 0.271 e. The van der Waals surface area contributed by atoms with Gasteiger partial charge in [-0.05, 0) is 31.8 Å². The number of aromatic nitrogens is 2. The molecule has 2 N–H and O–H groups in total. The Bertz CT molecular complexity index is 641. The van der Waals surface area contributed by atoms with Crippen molar-refractivity contribution in [1.82, 2.24) is 20.2 Å². The minimum Gasteiger partial charge on any atom is -0.497 e. The van der Waals surface area contributed by atoms with Crippen molar-refractivity contribution in [3.05, 3.63) is 47.9 Å². The number of nitrogens with one attached hydrogen (secondary N) is 2. The monoisotopic (exact) mass is 329 g/mol. The zero-order valence-corrected chi connectivity index (χ0v) is 14.2. The Morgan fingerprint density at radius 3 is 2.50 bits per heavy atom. The Balaban J connectivity index is 1.83. The average Bonchev–Trinajstić information content (AvgIpc) is 2.60. The van der Waals surface area contributed by atoms with Crippen LogP contribution in [0.2, 0.25) is 0 Å². The Morgan fingerprint density at radius 1 is 1.17 bits per heavy atom. The van der Waals surface area contributed by atoms with Gasteiger partial charge in [0.05, 0.1) is 19.5 Å². The molecule has 1 amide bonds. The minimum absolute atomic E-state index is 0.217. The zero-order chi connectivity index (χ0) is 17.4. The van der Waals surface area contributed by atoms with E-state index < -0.39 is 0 Å². The maximum atomic E-state index is 11.9. The van der Waals surface area contributed by atoms with Crippen LogP contribution in [0.4, 0.5) is 5.82 Å². The molecule has 1 aromatic carbocycles. The van der Waals surface area contributed by atoms with Gasteiger partial charge in [-0.1, -0.05) is 12.1 Å². The molecule has 0 aliphatic carbocycles. The van der Waals surface area contributed by atoms with E-state index >= 15 is 0 Å². The lowest BCUT2D eigenvalue weighted by atomic mass is 10.2. The first-order chi connectivity index (χ1) is 11.6. The first-order valence-corrected chi connectivity index (χ1v) is 7.70. The highest BCUT2D eigenvalue weighted by Crippen LogP contribution is 2.12. The number of benzene rings is 1. The molecule has 24 heavy (non-hydrogen) atoms. The lowest BCUT2D eigenvalue weighted by Gasteiger charge is -2.10. The van der Waals surface area contributed by atoms with E-state index in [4.69, 9.17) is 4.74 Å². The Hall–Kier alpha value is -2.67. The van der Waals surface area contributed by atoms with E-state index in [-0.39, 0.29) is 5.91 Å². The number of rotatable bonds is 8. The smallest absolute Gasteiger partial charge is 0.271 e. The van der Waals surface area contributed by atoms with Gasteiger partial charge in [0, 0.05) is 19.6 Å². The third-order valence-corrected chi connectivity index (χ3v) is 3.36. The van der Waals surface area contributed by atoms with Crippen molar-refractivity contribution in [1.29, 1.82) is 0 Å². The molecular weight excluding hydrogens is 306 g/mol. The largest absolute Gasteiger partial charge is 0.497 e. The highest BCUT2D eigenvalue weighted by atomic mass is 16.5. The fourth-order valence-electron chi connectivity index (χ4n) is 1.96. The van der Waals surface area contributed by atoms with Gasteiger partial charge < -0.3 is 20.3 Å². The number of amides is 1. The summed E-state index contributed by atoms with van der Waals surface area (Å²) in [7, 11) is 5.55. The molecule has 2 rings (SSSR count). The summed E-state index contributed by atoms with van der Waals surface area (Å²) < 4.78 is 5.13. The summed E-state index contributed by atoms with van der Waals surface area (Å²) >= 11 is 0. The Morgan fingerprint density at radius 2 is 1.92 bits per heavy atom. The molecule has 0 spiro atoms. The molecule has 0 aliphatic rings. The number of carbonyl (C=O) groups is 1.